The number of benzene rings is 2. The van der Waals surface area contributed by atoms with Crippen LogP contribution in [-0.2, 0) is 16.1 Å². The highest BCUT2D eigenvalue weighted by molar-refractivity contribution is 6.30. The summed E-state index contributed by atoms with van der Waals surface area (Å²) in [6.07, 6.45) is 1.83. The number of hydrogen-bond acceptors (Lipinski definition) is 3. The zero-order chi connectivity index (χ0) is 15.8. The van der Waals surface area contributed by atoms with Crippen LogP contribution in [0.25, 0.3) is 0 Å². The normalized spacial score (nSPS) is 11.2. The number of amidine groups is 1. The highest BCUT2D eigenvalue weighted by Gasteiger charge is 2.05. The second-order valence-corrected chi connectivity index (χ2v) is 5.22. The fourth-order valence-corrected chi connectivity index (χ4v) is 2.03. The zero-order valence-electron chi connectivity index (χ0n) is 12.0. The van der Waals surface area contributed by atoms with Crippen LogP contribution in [0.1, 0.15) is 24.0 Å². The fourth-order valence-electron chi connectivity index (χ4n) is 1.90. The standard InChI is InChI=1S/C17H17ClN2O2/c18-15-11-9-14(10-12-15)17(19)20-22-16(21)8-4-7-13-5-2-1-3-6-13/h1-3,5-6,9-12H,4,7-8H2,(H2,19,20). The molecule has 0 saturated heterocycles. The summed E-state index contributed by atoms with van der Waals surface area (Å²) < 4.78 is 0. The van der Waals surface area contributed by atoms with Crippen LogP contribution < -0.4 is 5.73 Å². The largest absolute Gasteiger partial charge is 0.380 e. The van der Waals surface area contributed by atoms with Gasteiger partial charge in [-0.3, -0.25) is 0 Å². The van der Waals surface area contributed by atoms with Crippen molar-refractivity contribution in [3.8, 4) is 0 Å². The average molecular weight is 317 g/mol. The Bertz CT molecular complexity index is 639. The van der Waals surface area contributed by atoms with E-state index in [1.54, 1.807) is 24.3 Å². The van der Waals surface area contributed by atoms with Crippen LogP contribution in [0.2, 0.25) is 5.02 Å². The molecule has 0 radical (unpaired) electrons. The molecule has 0 heterocycles. The number of nitrogens with two attached hydrogens (primary N) is 1. The Morgan fingerprint density at radius 3 is 2.45 bits per heavy atom. The van der Waals surface area contributed by atoms with Gasteiger partial charge in [0.2, 0.25) is 0 Å². The van der Waals surface area contributed by atoms with E-state index in [9.17, 15) is 4.79 Å². The van der Waals surface area contributed by atoms with Gasteiger partial charge in [-0.2, -0.15) is 0 Å². The first-order valence-electron chi connectivity index (χ1n) is 6.98. The van der Waals surface area contributed by atoms with Crippen LogP contribution in [-0.4, -0.2) is 11.8 Å². The topological polar surface area (TPSA) is 64.7 Å². The Hall–Kier alpha value is -2.33. The number of carbonyl (C=O) groups excluding carboxylic acids is 1. The van der Waals surface area contributed by atoms with E-state index in [0.717, 1.165) is 6.42 Å². The van der Waals surface area contributed by atoms with Crippen molar-refractivity contribution in [1.29, 1.82) is 0 Å². The Morgan fingerprint density at radius 2 is 1.77 bits per heavy atom. The third kappa shape index (κ3) is 5.22. The summed E-state index contributed by atoms with van der Waals surface area (Å²) >= 11 is 5.79. The molecule has 4 nitrogen and oxygen atoms in total. The lowest BCUT2D eigenvalue weighted by molar-refractivity contribution is -0.143. The number of rotatable bonds is 6. The van der Waals surface area contributed by atoms with E-state index in [4.69, 9.17) is 22.2 Å². The molecule has 0 amide bonds. The van der Waals surface area contributed by atoms with Gasteiger partial charge in [-0.25, -0.2) is 4.79 Å². The van der Waals surface area contributed by atoms with E-state index in [1.807, 2.05) is 30.3 Å². The molecule has 0 aliphatic rings. The van der Waals surface area contributed by atoms with E-state index in [0.29, 0.717) is 23.4 Å². The molecular weight excluding hydrogens is 300 g/mol. The first-order valence-corrected chi connectivity index (χ1v) is 7.36. The van der Waals surface area contributed by atoms with Gasteiger partial charge in [0.25, 0.3) is 0 Å². The lowest BCUT2D eigenvalue weighted by Gasteiger charge is -2.02. The van der Waals surface area contributed by atoms with Gasteiger partial charge in [-0.15, -0.1) is 0 Å². The summed E-state index contributed by atoms with van der Waals surface area (Å²) in [6.45, 7) is 0. The van der Waals surface area contributed by atoms with Crippen molar-refractivity contribution < 1.29 is 9.63 Å². The van der Waals surface area contributed by atoms with Crippen molar-refractivity contribution in [1.82, 2.24) is 0 Å². The molecule has 0 bridgehead atoms. The minimum Gasteiger partial charge on any atom is -0.380 e. The van der Waals surface area contributed by atoms with Gasteiger partial charge in [0, 0.05) is 17.0 Å². The Morgan fingerprint density at radius 1 is 1.09 bits per heavy atom. The minimum atomic E-state index is -0.396. The van der Waals surface area contributed by atoms with E-state index in [2.05, 4.69) is 5.16 Å². The van der Waals surface area contributed by atoms with Gasteiger partial charge in [0.15, 0.2) is 5.84 Å². The number of carbonyl (C=O) groups is 1. The van der Waals surface area contributed by atoms with E-state index >= 15 is 0 Å². The Kier molecular flexibility index (Phi) is 5.98. The predicted octanol–water partition coefficient (Wildman–Crippen LogP) is 3.53. The van der Waals surface area contributed by atoms with Crippen molar-refractivity contribution in [2.45, 2.75) is 19.3 Å². The Labute approximate surface area is 134 Å². The van der Waals surface area contributed by atoms with Gasteiger partial charge in [-0.05, 0) is 42.7 Å². The summed E-state index contributed by atoms with van der Waals surface area (Å²) in [7, 11) is 0. The molecule has 0 unspecified atom stereocenters. The SMILES string of the molecule is N/C(=N/OC(=O)CCCc1ccccc1)c1ccc(Cl)cc1. The van der Waals surface area contributed by atoms with Crippen molar-refractivity contribution >= 4 is 23.4 Å². The van der Waals surface area contributed by atoms with Crippen LogP contribution in [0.3, 0.4) is 0 Å². The molecule has 2 aromatic rings. The minimum absolute atomic E-state index is 0.146. The third-order valence-electron chi connectivity index (χ3n) is 3.07. The van der Waals surface area contributed by atoms with E-state index in [1.165, 1.54) is 5.56 Å². The average Bonchev–Trinajstić information content (AvgIpc) is 2.54. The summed E-state index contributed by atoms with van der Waals surface area (Å²) in [5.41, 5.74) is 7.59. The first kappa shape index (κ1) is 16.0. The van der Waals surface area contributed by atoms with Crippen molar-refractivity contribution in [3.63, 3.8) is 0 Å². The van der Waals surface area contributed by atoms with Crippen LogP contribution >= 0.6 is 11.6 Å². The Balaban J connectivity index is 1.77. The van der Waals surface area contributed by atoms with E-state index in [-0.39, 0.29) is 5.84 Å². The van der Waals surface area contributed by atoms with E-state index < -0.39 is 5.97 Å². The molecule has 114 valence electrons. The lowest BCUT2D eigenvalue weighted by atomic mass is 10.1. The quantitative estimate of drug-likeness (QED) is 0.384. The smallest absolute Gasteiger partial charge is 0.335 e. The van der Waals surface area contributed by atoms with Gasteiger partial charge in [-0.1, -0.05) is 47.1 Å². The molecule has 2 N–H and O–H groups in total. The van der Waals surface area contributed by atoms with Gasteiger partial charge in [0.05, 0.1) is 0 Å². The van der Waals surface area contributed by atoms with Crippen LogP contribution in [0.4, 0.5) is 0 Å². The summed E-state index contributed by atoms with van der Waals surface area (Å²) in [4.78, 5) is 16.4. The molecule has 0 aliphatic heterocycles. The van der Waals surface area contributed by atoms with Crippen LogP contribution in [0.15, 0.2) is 59.8 Å². The number of nitrogens with zero attached hydrogens (tertiary/aromatic N) is 1. The first-order chi connectivity index (χ1) is 10.6. The maximum Gasteiger partial charge on any atom is 0.335 e. The number of hydrogen-bond donors (Lipinski definition) is 1. The number of halogens is 1. The lowest BCUT2D eigenvalue weighted by Crippen LogP contribution is -2.15. The molecule has 22 heavy (non-hydrogen) atoms. The summed E-state index contributed by atoms with van der Waals surface area (Å²) in [6, 6.07) is 16.8. The number of aryl methyl sites for hydroxylation is 1. The van der Waals surface area contributed by atoms with Gasteiger partial charge < -0.3 is 10.6 Å². The van der Waals surface area contributed by atoms with Crippen molar-refractivity contribution in [2.75, 3.05) is 0 Å². The number of oxime groups is 1. The molecular formula is C17H17ClN2O2. The molecule has 0 saturated carbocycles. The zero-order valence-corrected chi connectivity index (χ0v) is 12.8. The second kappa shape index (κ2) is 8.20. The molecule has 2 aromatic carbocycles. The summed E-state index contributed by atoms with van der Waals surface area (Å²) in [5.74, 6) is -0.249. The molecule has 0 fully saturated rings. The third-order valence-corrected chi connectivity index (χ3v) is 3.33. The van der Waals surface area contributed by atoms with Crippen LogP contribution in [0, 0.1) is 0 Å². The molecule has 0 spiro atoms. The molecule has 0 aromatic heterocycles. The summed E-state index contributed by atoms with van der Waals surface area (Å²) in [5, 5.41) is 4.26. The molecule has 2 rings (SSSR count). The maximum absolute atomic E-state index is 11.6. The monoisotopic (exact) mass is 316 g/mol. The fraction of sp³-hybridized carbons (Fsp3) is 0.176. The highest BCUT2D eigenvalue weighted by Crippen LogP contribution is 2.09. The second-order valence-electron chi connectivity index (χ2n) is 4.79. The molecule has 0 aliphatic carbocycles. The van der Waals surface area contributed by atoms with Crippen LogP contribution in [0.5, 0.6) is 0 Å². The van der Waals surface area contributed by atoms with Crippen molar-refractivity contribution in [3.05, 3.63) is 70.7 Å². The maximum atomic E-state index is 11.6. The van der Waals surface area contributed by atoms with Gasteiger partial charge >= 0.3 is 5.97 Å². The molecule has 0 atom stereocenters. The van der Waals surface area contributed by atoms with Gasteiger partial charge in [0.1, 0.15) is 0 Å². The highest BCUT2D eigenvalue weighted by atomic mass is 35.5. The predicted molar refractivity (Wildman–Crippen MR) is 87.6 cm³/mol. The molecule has 5 heteroatoms. The van der Waals surface area contributed by atoms with Crippen molar-refractivity contribution in [2.24, 2.45) is 10.9 Å².